The summed E-state index contributed by atoms with van der Waals surface area (Å²) in [6.45, 7) is 3.89. The van der Waals surface area contributed by atoms with E-state index in [1.165, 1.54) is 0 Å². The van der Waals surface area contributed by atoms with Crippen LogP contribution in [0.1, 0.15) is 24.2 Å². The smallest absolute Gasteiger partial charge is 0.252 e. The van der Waals surface area contributed by atoms with Gasteiger partial charge >= 0.3 is 0 Å². The topological polar surface area (TPSA) is 65.1 Å². The molecule has 0 aliphatic rings. The Morgan fingerprint density at radius 2 is 2.17 bits per heavy atom. The van der Waals surface area contributed by atoms with Gasteiger partial charge in [-0.3, -0.25) is 4.79 Å². The molecule has 0 spiro atoms. The van der Waals surface area contributed by atoms with Crippen molar-refractivity contribution in [2.75, 3.05) is 6.61 Å². The predicted molar refractivity (Wildman–Crippen MR) is 71.5 cm³/mol. The predicted octanol–water partition coefficient (Wildman–Crippen LogP) is 1.91. The molecule has 3 N–H and O–H groups in total. The lowest BCUT2D eigenvalue weighted by Gasteiger charge is -2.20. The van der Waals surface area contributed by atoms with E-state index < -0.39 is 0 Å². The van der Waals surface area contributed by atoms with Crippen LogP contribution in [0.2, 0.25) is 0 Å². The van der Waals surface area contributed by atoms with Crippen LogP contribution < -0.4 is 5.32 Å². The molecule has 4 heteroatoms. The Morgan fingerprint density at radius 1 is 1.39 bits per heavy atom. The first-order valence-corrected chi connectivity index (χ1v) is 6.11. The van der Waals surface area contributed by atoms with E-state index in [0.717, 1.165) is 10.9 Å². The van der Waals surface area contributed by atoms with Crippen LogP contribution in [0.4, 0.5) is 0 Å². The number of nitrogens with one attached hydrogen (secondary N) is 2. The van der Waals surface area contributed by atoms with Crippen molar-refractivity contribution in [3.63, 3.8) is 0 Å². The fourth-order valence-electron chi connectivity index (χ4n) is 1.95. The maximum atomic E-state index is 12.2. The maximum absolute atomic E-state index is 12.2. The molecule has 0 fully saturated rings. The largest absolute Gasteiger partial charge is 0.394 e. The Morgan fingerprint density at radius 3 is 2.83 bits per heavy atom. The summed E-state index contributed by atoms with van der Waals surface area (Å²) < 4.78 is 0. The number of aromatic amines is 1. The molecule has 2 rings (SSSR count). The zero-order valence-corrected chi connectivity index (χ0v) is 10.6. The fourth-order valence-corrected chi connectivity index (χ4v) is 1.95. The normalized spacial score (nSPS) is 12.9. The monoisotopic (exact) mass is 246 g/mol. The minimum Gasteiger partial charge on any atom is -0.394 e. The van der Waals surface area contributed by atoms with Crippen molar-refractivity contribution in [2.24, 2.45) is 5.92 Å². The Bertz CT molecular complexity index is 545. The summed E-state index contributed by atoms with van der Waals surface area (Å²) in [7, 11) is 0. The zero-order valence-electron chi connectivity index (χ0n) is 10.6. The molecular formula is C14H18N2O2. The van der Waals surface area contributed by atoms with E-state index in [9.17, 15) is 9.90 Å². The van der Waals surface area contributed by atoms with Crippen LogP contribution >= 0.6 is 0 Å². The number of amides is 1. The SMILES string of the molecule is CC(C)[C@@H](CO)NC(=O)c1cccc2[nH]ccc12. The minimum absolute atomic E-state index is 0.0491. The third-order valence-corrected chi connectivity index (χ3v) is 3.16. The van der Waals surface area contributed by atoms with Crippen LogP contribution in [-0.2, 0) is 0 Å². The number of hydrogen-bond acceptors (Lipinski definition) is 2. The van der Waals surface area contributed by atoms with Gasteiger partial charge in [-0.15, -0.1) is 0 Å². The summed E-state index contributed by atoms with van der Waals surface area (Å²) in [5.41, 5.74) is 1.57. The van der Waals surface area contributed by atoms with Gasteiger partial charge in [0, 0.05) is 22.7 Å². The summed E-state index contributed by atoms with van der Waals surface area (Å²) in [5, 5.41) is 13.0. The number of rotatable bonds is 4. The number of aliphatic hydroxyl groups is 1. The highest BCUT2D eigenvalue weighted by Gasteiger charge is 2.17. The van der Waals surface area contributed by atoms with Crippen molar-refractivity contribution in [2.45, 2.75) is 19.9 Å². The second-order valence-corrected chi connectivity index (χ2v) is 4.75. The molecule has 1 aromatic heterocycles. The Labute approximate surface area is 106 Å². The maximum Gasteiger partial charge on any atom is 0.252 e. The average Bonchev–Trinajstić information content (AvgIpc) is 2.82. The van der Waals surface area contributed by atoms with E-state index in [4.69, 9.17) is 0 Å². The number of aromatic nitrogens is 1. The van der Waals surface area contributed by atoms with Crippen LogP contribution in [0.3, 0.4) is 0 Å². The number of carbonyl (C=O) groups excluding carboxylic acids is 1. The van der Waals surface area contributed by atoms with Gasteiger partial charge in [0.05, 0.1) is 12.6 Å². The molecule has 0 saturated heterocycles. The molecule has 1 heterocycles. The second kappa shape index (κ2) is 5.23. The summed E-state index contributed by atoms with van der Waals surface area (Å²) in [4.78, 5) is 15.3. The van der Waals surface area contributed by atoms with Crippen LogP contribution in [0, 0.1) is 5.92 Å². The van der Waals surface area contributed by atoms with E-state index >= 15 is 0 Å². The van der Waals surface area contributed by atoms with Crippen LogP contribution in [0.5, 0.6) is 0 Å². The van der Waals surface area contributed by atoms with E-state index in [-0.39, 0.29) is 24.5 Å². The summed E-state index contributed by atoms with van der Waals surface area (Å²) >= 11 is 0. The summed E-state index contributed by atoms with van der Waals surface area (Å²) in [5.74, 6) is 0.0531. The lowest BCUT2D eigenvalue weighted by atomic mass is 10.0. The van der Waals surface area contributed by atoms with E-state index in [1.807, 2.05) is 38.2 Å². The van der Waals surface area contributed by atoms with Gasteiger partial charge in [0.2, 0.25) is 0 Å². The van der Waals surface area contributed by atoms with Crippen molar-refractivity contribution >= 4 is 16.8 Å². The first-order chi connectivity index (χ1) is 8.63. The molecule has 0 bridgehead atoms. The standard InChI is InChI=1S/C14H18N2O2/c1-9(2)13(8-17)16-14(18)11-4-3-5-12-10(11)6-7-15-12/h3-7,9,13,15,17H,8H2,1-2H3,(H,16,18)/t13-/m1/s1. The third-order valence-electron chi connectivity index (χ3n) is 3.16. The molecule has 0 aliphatic carbocycles. The van der Waals surface area contributed by atoms with E-state index in [1.54, 1.807) is 6.07 Å². The molecule has 0 saturated carbocycles. The highest BCUT2D eigenvalue weighted by molar-refractivity contribution is 6.06. The first kappa shape index (κ1) is 12.6. The van der Waals surface area contributed by atoms with Gasteiger partial charge in [-0.2, -0.15) is 0 Å². The first-order valence-electron chi connectivity index (χ1n) is 6.11. The lowest BCUT2D eigenvalue weighted by Crippen LogP contribution is -2.41. The molecule has 1 amide bonds. The zero-order chi connectivity index (χ0) is 13.1. The molecule has 96 valence electrons. The van der Waals surface area contributed by atoms with Gasteiger partial charge in [-0.25, -0.2) is 0 Å². The van der Waals surface area contributed by atoms with Crippen molar-refractivity contribution in [1.82, 2.24) is 10.3 Å². The highest BCUT2D eigenvalue weighted by Crippen LogP contribution is 2.17. The van der Waals surface area contributed by atoms with Crippen molar-refractivity contribution in [3.05, 3.63) is 36.0 Å². The summed E-state index contributed by atoms with van der Waals surface area (Å²) in [6.07, 6.45) is 1.81. The number of aliphatic hydroxyl groups excluding tert-OH is 1. The van der Waals surface area contributed by atoms with Crippen LogP contribution in [-0.4, -0.2) is 28.6 Å². The van der Waals surface area contributed by atoms with Gasteiger partial charge in [0.1, 0.15) is 0 Å². The second-order valence-electron chi connectivity index (χ2n) is 4.75. The number of benzene rings is 1. The van der Waals surface area contributed by atoms with Gasteiger partial charge < -0.3 is 15.4 Å². The molecular weight excluding hydrogens is 228 g/mol. The lowest BCUT2D eigenvalue weighted by molar-refractivity contribution is 0.0898. The van der Waals surface area contributed by atoms with Crippen LogP contribution in [0.25, 0.3) is 10.9 Å². The Hall–Kier alpha value is -1.81. The number of fused-ring (bicyclic) bond motifs is 1. The van der Waals surface area contributed by atoms with Gasteiger partial charge in [-0.05, 0) is 24.1 Å². The quantitative estimate of drug-likeness (QED) is 0.771. The molecule has 0 radical (unpaired) electrons. The van der Waals surface area contributed by atoms with E-state index in [0.29, 0.717) is 5.56 Å². The van der Waals surface area contributed by atoms with Crippen molar-refractivity contribution in [1.29, 1.82) is 0 Å². The average molecular weight is 246 g/mol. The molecule has 0 unspecified atom stereocenters. The molecule has 1 aromatic carbocycles. The molecule has 0 aliphatic heterocycles. The number of H-pyrrole nitrogens is 1. The van der Waals surface area contributed by atoms with E-state index in [2.05, 4.69) is 10.3 Å². The van der Waals surface area contributed by atoms with Crippen LogP contribution in [0.15, 0.2) is 30.5 Å². The Balaban J connectivity index is 2.26. The van der Waals surface area contributed by atoms with Gasteiger partial charge in [0.15, 0.2) is 0 Å². The third kappa shape index (κ3) is 2.38. The number of carbonyl (C=O) groups is 1. The Kier molecular flexibility index (Phi) is 3.67. The molecule has 1 atom stereocenters. The molecule has 4 nitrogen and oxygen atoms in total. The van der Waals surface area contributed by atoms with Gasteiger partial charge in [0.25, 0.3) is 5.91 Å². The summed E-state index contributed by atoms with van der Waals surface area (Å²) in [6, 6.07) is 7.23. The highest BCUT2D eigenvalue weighted by atomic mass is 16.3. The fraction of sp³-hybridized carbons (Fsp3) is 0.357. The molecule has 2 aromatic rings. The molecule has 18 heavy (non-hydrogen) atoms. The van der Waals surface area contributed by atoms with Crippen molar-refractivity contribution < 1.29 is 9.90 Å². The minimum atomic E-state index is -0.216. The van der Waals surface area contributed by atoms with Gasteiger partial charge in [-0.1, -0.05) is 19.9 Å². The number of hydrogen-bond donors (Lipinski definition) is 3. The van der Waals surface area contributed by atoms with Crippen molar-refractivity contribution in [3.8, 4) is 0 Å².